The number of pyridine rings is 1. The Morgan fingerprint density at radius 2 is 2.21 bits per heavy atom. The maximum atomic E-state index is 10.9. The summed E-state index contributed by atoms with van der Waals surface area (Å²) in [7, 11) is 1.21. The molecule has 7 heteroatoms. The van der Waals surface area contributed by atoms with Gasteiger partial charge in [0.25, 0.3) is 0 Å². The maximum absolute atomic E-state index is 10.9. The summed E-state index contributed by atoms with van der Waals surface area (Å²) in [6, 6.07) is 1.20. The Balaban J connectivity index is 0.00000169. The fourth-order valence-electron chi connectivity index (χ4n) is 0.739. The molecule has 0 aliphatic rings. The first kappa shape index (κ1) is 13.7. The van der Waals surface area contributed by atoms with E-state index in [1.165, 1.54) is 19.4 Å². The van der Waals surface area contributed by atoms with Crippen LogP contribution >= 0.6 is 0 Å². The van der Waals surface area contributed by atoms with E-state index in [-0.39, 0.29) is 40.0 Å². The fourth-order valence-corrected chi connectivity index (χ4v) is 1.11. The van der Waals surface area contributed by atoms with Crippen molar-refractivity contribution in [1.29, 1.82) is 0 Å². The van der Waals surface area contributed by atoms with Crippen molar-refractivity contribution in [3.8, 4) is 0 Å². The van der Waals surface area contributed by atoms with Crippen LogP contribution in [-0.4, -0.2) is 26.8 Å². The molecule has 0 aliphatic carbocycles. The molecule has 0 N–H and O–H groups in total. The monoisotopic (exact) mass is 223 g/mol. The normalized spacial score (nSPS) is 11.3. The molecule has 0 bridgehead atoms. The Morgan fingerprint density at radius 1 is 1.57 bits per heavy atom. The zero-order valence-corrected chi connectivity index (χ0v) is 10.5. The van der Waals surface area contributed by atoms with Crippen LogP contribution < -0.4 is 29.6 Å². The van der Waals surface area contributed by atoms with Crippen LogP contribution in [0, 0.1) is 0 Å². The van der Waals surface area contributed by atoms with Crippen molar-refractivity contribution in [3.63, 3.8) is 0 Å². The minimum atomic E-state index is -2.38. The largest absolute Gasteiger partial charge is 1.00 e. The molecule has 1 rings (SSSR count). The Kier molecular flexibility index (Phi) is 6.14. The molecule has 0 amide bonds. The molecule has 14 heavy (non-hydrogen) atoms. The van der Waals surface area contributed by atoms with Crippen LogP contribution in [0.25, 0.3) is 0 Å². The van der Waals surface area contributed by atoms with E-state index in [4.69, 9.17) is 0 Å². The minimum absolute atomic E-state index is 0. The van der Waals surface area contributed by atoms with Gasteiger partial charge in [-0.3, -0.25) is 9.19 Å². The van der Waals surface area contributed by atoms with Crippen LogP contribution in [-0.2, 0) is 15.8 Å². The first-order chi connectivity index (χ1) is 6.15. The van der Waals surface area contributed by atoms with Gasteiger partial charge in [0.15, 0.2) is 0 Å². The average Bonchev–Trinajstić information content (AvgIpc) is 2.17. The number of rotatable bonds is 2. The van der Waals surface area contributed by atoms with E-state index in [9.17, 15) is 13.6 Å². The van der Waals surface area contributed by atoms with E-state index < -0.39 is 17.0 Å². The van der Waals surface area contributed by atoms with Crippen molar-refractivity contribution in [1.82, 2.24) is 4.98 Å². The third-order valence-electron chi connectivity index (χ3n) is 1.33. The molecule has 1 aromatic rings. The molecule has 70 valence electrons. The fraction of sp³-hybridized carbons (Fsp3) is 0.143. The Labute approximate surface area is 105 Å². The second kappa shape index (κ2) is 6.26. The van der Waals surface area contributed by atoms with Crippen molar-refractivity contribution >= 4 is 17.0 Å². The molecule has 1 atom stereocenters. The van der Waals surface area contributed by atoms with Gasteiger partial charge in [-0.2, -0.15) is 0 Å². The standard InChI is InChI=1S/C7H7NO4S.Na/c1-12-7(9)5-2-6(13(10)11)4-8-3-5;/h2-4H,1H3,(H,10,11);/q;+1/p-1. The topological polar surface area (TPSA) is 79.3 Å². The molecule has 1 aromatic heterocycles. The van der Waals surface area contributed by atoms with E-state index in [0.717, 1.165) is 6.20 Å². The summed E-state index contributed by atoms with van der Waals surface area (Å²) < 4.78 is 25.3. The van der Waals surface area contributed by atoms with Crippen LogP contribution in [0.3, 0.4) is 0 Å². The minimum Gasteiger partial charge on any atom is -0.768 e. The molecule has 0 saturated carbocycles. The zero-order valence-electron chi connectivity index (χ0n) is 7.72. The molecular formula is C7H6NNaO4S. The van der Waals surface area contributed by atoms with Crippen LogP contribution in [0.4, 0.5) is 0 Å². The number of methoxy groups -OCH3 is 1. The third kappa shape index (κ3) is 3.47. The summed E-state index contributed by atoms with van der Waals surface area (Å²) in [4.78, 5) is 14.5. The first-order valence-electron chi connectivity index (χ1n) is 3.28. The zero-order chi connectivity index (χ0) is 9.84. The third-order valence-corrected chi connectivity index (χ3v) is 1.93. The van der Waals surface area contributed by atoms with Crippen molar-refractivity contribution in [2.24, 2.45) is 0 Å². The summed E-state index contributed by atoms with van der Waals surface area (Å²) in [6.07, 6.45) is 2.39. The van der Waals surface area contributed by atoms with E-state index in [1.54, 1.807) is 0 Å². The molecular weight excluding hydrogens is 217 g/mol. The molecule has 0 aromatic carbocycles. The van der Waals surface area contributed by atoms with Crippen LogP contribution in [0.1, 0.15) is 10.4 Å². The molecule has 0 aliphatic heterocycles. The van der Waals surface area contributed by atoms with Gasteiger partial charge in [-0.15, -0.1) is 0 Å². The van der Waals surface area contributed by atoms with Gasteiger partial charge in [-0.05, 0) is 17.1 Å². The van der Waals surface area contributed by atoms with Gasteiger partial charge in [0.2, 0.25) is 0 Å². The molecule has 1 heterocycles. The van der Waals surface area contributed by atoms with Gasteiger partial charge in [0.1, 0.15) is 0 Å². The van der Waals surface area contributed by atoms with E-state index >= 15 is 0 Å². The molecule has 0 spiro atoms. The van der Waals surface area contributed by atoms with Gasteiger partial charge in [-0.25, -0.2) is 4.79 Å². The van der Waals surface area contributed by atoms with Gasteiger partial charge in [-0.1, -0.05) is 0 Å². The number of nitrogens with zero attached hydrogens (tertiary/aromatic N) is 1. The number of hydrogen-bond donors (Lipinski definition) is 0. The molecule has 5 nitrogen and oxygen atoms in total. The summed E-state index contributed by atoms with van der Waals surface area (Å²) >= 11 is -2.38. The van der Waals surface area contributed by atoms with Crippen molar-refractivity contribution < 1.29 is 47.9 Å². The number of aromatic nitrogens is 1. The van der Waals surface area contributed by atoms with E-state index in [2.05, 4.69) is 9.72 Å². The maximum Gasteiger partial charge on any atom is 1.00 e. The second-order valence-electron chi connectivity index (χ2n) is 2.14. The van der Waals surface area contributed by atoms with Crippen LogP contribution in [0.15, 0.2) is 23.4 Å². The van der Waals surface area contributed by atoms with Gasteiger partial charge in [0.05, 0.1) is 12.7 Å². The van der Waals surface area contributed by atoms with Crippen LogP contribution in [0.2, 0.25) is 0 Å². The summed E-state index contributed by atoms with van der Waals surface area (Å²) in [6.45, 7) is 0. The predicted molar refractivity (Wildman–Crippen MR) is 42.8 cm³/mol. The molecule has 0 fully saturated rings. The smallest absolute Gasteiger partial charge is 0.768 e. The molecule has 0 saturated heterocycles. The van der Waals surface area contributed by atoms with Crippen LogP contribution in [0.5, 0.6) is 0 Å². The first-order valence-corrected chi connectivity index (χ1v) is 4.35. The summed E-state index contributed by atoms with van der Waals surface area (Å²) in [5, 5.41) is 0. The van der Waals surface area contributed by atoms with Gasteiger partial charge in [0, 0.05) is 17.3 Å². The number of carbonyl (C=O) groups is 1. The average molecular weight is 223 g/mol. The van der Waals surface area contributed by atoms with E-state index in [1.807, 2.05) is 0 Å². The Hall–Kier alpha value is -0.270. The molecule has 1 unspecified atom stereocenters. The van der Waals surface area contributed by atoms with Gasteiger partial charge < -0.3 is 9.29 Å². The SMILES string of the molecule is COC(=O)c1cncc(S(=O)[O-])c1.[Na+]. The predicted octanol–water partition coefficient (Wildman–Crippen LogP) is -2.89. The summed E-state index contributed by atoms with van der Waals surface area (Å²) in [5.41, 5.74) is 0.115. The van der Waals surface area contributed by atoms with E-state index in [0.29, 0.717) is 0 Å². The van der Waals surface area contributed by atoms with Crippen molar-refractivity contribution in [2.75, 3.05) is 7.11 Å². The van der Waals surface area contributed by atoms with Crippen molar-refractivity contribution in [2.45, 2.75) is 4.90 Å². The summed E-state index contributed by atoms with van der Waals surface area (Å²) in [5.74, 6) is -0.611. The number of carbonyl (C=O) groups excluding carboxylic acids is 1. The Morgan fingerprint density at radius 3 is 2.71 bits per heavy atom. The van der Waals surface area contributed by atoms with Gasteiger partial charge >= 0.3 is 35.5 Å². The molecule has 0 radical (unpaired) electrons. The quantitative estimate of drug-likeness (QED) is 0.305. The number of hydrogen-bond acceptors (Lipinski definition) is 5. The second-order valence-corrected chi connectivity index (χ2v) is 3.08. The van der Waals surface area contributed by atoms with Crippen molar-refractivity contribution in [3.05, 3.63) is 24.0 Å². The Bertz CT molecular complexity index is 357. The number of esters is 1. The number of ether oxygens (including phenoxy) is 1.